The lowest BCUT2D eigenvalue weighted by atomic mass is 10.0. The number of hydrogen-bond acceptors (Lipinski definition) is 3. The van der Waals surface area contributed by atoms with Gasteiger partial charge in [-0.2, -0.15) is 0 Å². The third kappa shape index (κ3) is 2.27. The van der Waals surface area contributed by atoms with Crippen molar-refractivity contribution in [2.45, 2.75) is 26.0 Å². The van der Waals surface area contributed by atoms with Crippen molar-refractivity contribution in [1.82, 2.24) is 4.98 Å². The van der Waals surface area contributed by atoms with E-state index < -0.39 is 6.10 Å². The number of nitrogens with zero attached hydrogens (tertiary/aromatic N) is 1. The van der Waals surface area contributed by atoms with Crippen LogP contribution in [0.15, 0.2) is 16.9 Å². The van der Waals surface area contributed by atoms with Crippen LogP contribution in [-0.2, 0) is 0 Å². The first kappa shape index (κ1) is 10.6. The Bertz CT molecular complexity index is 281. The van der Waals surface area contributed by atoms with E-state index in [0.717, 1.165) is 15.6 Å². The average molecular weight is 245 g/mol. The summed E-state index contributed by atoms with van der Waals surface area (Å²) >= 11 is 3.34. The first-order valence-electron chi connectivity index (χ1n) is 4.07. The fourth-order valence-corrected chi connectivity index (χ4v) is 1.84. The van der Waals surface area contributed by atoms with Gasteiger partial charge in [0.15, 0.2) is 0 Å². The molecular weight excluding hydrogens is 232 g/mol. The summed E-state index contributed by atoms with van der Waals surface area (Å²) < 4.78 is 0.803. The Labute approximate surface area is 86.1 Å². The molecule has 0 amide bonds. The van der Waals surface area contributed by atoms with E-state index in [0.29, 0.717) is 0 Å². The first-order chi connectivity index (χ1) is 6.04. The number of halogens is 1. The standard InChI is InChI=1S/C9H13BrN2O/c1-5-3-12-4-7(10)8(5)9(13)6(2)11/h3-4,6,9,13H,11H2,1-2H3. The van der Waals surface area contributed by atoms with E-state index in [2.05, 4.69) is 20.9 Å². The summed E-state index contributed by atoms with van der Waals surface area (Å²) in [7, 11) is 0. The van der Waals surface area contributed by atoms with Gasteiger partial charge in [0.1, 0.15) is 0 Å². The third-order valence-corrected chi connectivity index (χ3v) is 2.56. The summed E-state index contributed by atoms with van der Waals surface area (Å²) in [6.07, 6.45) is 2.73. The molecule has 3 nitrogen and oxygen atoms in total. The third-order valence-electron chi connectivity index (χ3n) is 1.93. The molecule has 1 aromatic heterocycles. The van der Waals surface area contributed by atoms with Crippen molar-refractivity contribution in [2.75, 3.05) is 0 Å². The highest BCUT2D eigenvalue weighted by Crippen LogP contribution is 2.26. The van der Waals surface area contributed by atoms with Gasteiger partial charge in [0.05, 0.1) is 6.10 Å². The van der Waals surface area contributed by atoms with E-state index in [9.17, 15) is 5.11 Å². The lowest BCUT2D eigenvalue weighted by molar-refractivity contribution is 0.152. The summed E-state index contributed by atoms with van der Waals surface area (Å²) in [5.74, 6) is 0. The highest BCUT2D eigenvalue weighted by atomic mass is 79.9. The smallest absolute Gasteiger partial charge is 0.0952 e. The van der Waals surface area contributed by atoms with Crippen molar-refractivity contribution in [3.8, 4) is 0 Å². The second-order valence-electron chi connectivity index (χ2n) is 3.16. The number of aryl methyl sites for hydroxylation is 1. The Morgan fingerprint density at radius 2 is 2.15 bits per heavy atom. The molecule has 0 aliphatic heterocycles. The summed E-state index contributed by atoms with van der Waals surface area (Å²) in [5.41, 5.74) is 7.38. The summed E-state index contributed by atoms with van der Waals surface area (Å²) in [6.45, 7) is 3.68. The quantitative estimate of drug-likeness (QED) is 0.830. The zero-order valence-electron chi connectivity index (χ0n) is 7.66. The molecule has 1 rings (SSSR count). The van der Waals surface area contributed by atoms with Gasteiger partial charge in [-0.05, 0) is 35.3 Å². The van der Waals surface area contributed by atoms with Gasteiger partial charge in [-0.3, -0.25) is 4.98 Å². The molecule has 1 aromatic rings. The fraction of sp³-hybridized carbons (Fsp3) is 0.444. The number of rotatable bonds is 2. The van der Waals surface area contributed by atoms with Gasteiger partial charge < -0.3 is 10.8 Å². The minimum atomic E-state index is -0.641. The number of aliphatic hydroxyl groups excluding tert-OH is 1. The molecule has 72 valence electrons. The van der Waals surface area contributed by atoms with Crippen LogP contribution < -0.4 is 5.73 Å². The number of nitrogens with two attached hydrogens (primary N) is 1. The van der Waals surface area contributed by atoms with Gasteiger partial charge >= 0.3 is 0 Å². The molecule has 0 saturated carbocycles. The molecule has 0 aliphatic carbocycles. The lowest BCUT2D eigenvalue weighted by Gasteiger charge is -2.18. The lowest BCUT2D eigenvalue weighted by Crippen LogP contribution is -2.25. The molecule has 1 heterocycles. The zero-order chi connectivity index (χ0) is 10.0. The first-order valence-corrected chi connectivity index (χ1v) is 4.87. The van der Waals surface area contributed by atoms with Gasteiger partial charge in [-0.15, -0.1) is 0 Å². The van der Waals surface area contributed by atoms with E-state index in [1.807, 2.05) is 6.92 Å². The van der Waals surface area contributed by atoms with Crippen molar-refractivity contribution in [3.63, 3.8) is 0 Å². The molecule has 13 heavy (non-hydrogen) atoms. The van der Waals surface area contributed by atoms with E-state index >= 15 is 0 Å². The minimum Gasteiger partial charge on any atom is -0.387 e. The van der Waals surface area contributed by atoms with Crippen LogP contribution in [0.2, 0.25) is 0 Å². The topological polar surface area (TPSA) is 59.1 Å². The molecule has 2 atom stereocenters. The van der Waals surface area contributed by atoms with Crippen LogP contribution in [0.4, 0.5) is 0 Å². The largest absolute Gasteiger partial charge is 0.387 e. The Balaban J connectivity index is 3.12. The van der Waals surface area contributed by atoms with Crippen molar-refractivity contribution < 1.29 is 5.11 Å². The molecule has 0 spiro atoms. The van der Waals surface area contributed by atoms with Gasteiger partial charge in [0.25, 0.3) is 0 Å². The number of aromatic nitrogens is 1. The van der Waals surface area contributed by atoms with Crippen molar-refractivity contribution >= 4 is 15.9 Å². The van der Waals surface area contributed by atoms with Crippen LogP contribution in [-0.4, -0.2) is 16.1 Å². The molecular formula is C9H13BrN2O. The molecule has 2 unspecified atom stereocenters. The van der Waals surface area contributed by atoms with Crippen molar-refractivity contribution in [2.24, 2.45) is 5.73 Å². The number of hydrogen-bond donors (Lipinski definition) is 2. The predicted octanol–water partition coefficient (Wildman–Crippen LogP) is 1.53. The average Bonchev–Trinajstić information content (AvgIpc) is 2.03. The Kier molecular flexibility index (Phi) is 3.41. The van der Waals surface area contributed by atoms with E-state index in [1.54, 1.807) is 19.3 Å². The Morgan fingerprint density at radius 1 is 1.54 bits per heavy atom. The zero-order valence-corrected chi connectivity index (χ0v) is 9.25. The van der Waals surface area contributed by atoms with Gasteiger partial charge in [0.2, 0.25) is 0 Å². The highest BCUT2D eigenvalue weighted by Gasteiger charge is 2.17. The molecule has 0 radical (unpaired) electrons. The minimum absolute atomic E-state index is 0.280. The molecule has 0 saturated heterocycles. The SMILES string of the molecule is Cc1cncc(Br)c1C(O)C(C)N. The van der Waals surface area contributed by atoms with Gasteiger partial charge in [-0.1, -0.05) is 0 Å². The maximum absolute atomic E-state index is 9.78. The van der Waals surface area contributed by atoms with E-state index in [1.165, 1.54) is 0 Å². The van der Waals surface area contributed by atoms with Crippen LogP contribution in [0.3, 0.4) is 0 Å². The highest BCUT2D eigenvalue weighted by molar-refractivity contribution is 9.10. The normalized spacial score (nSPS) is 15.5. The monoisotopic (exact) mass is 244 g/mol. The van der Waals surface area contributed by atoms with Crippen LogP contribution in [0.5, 0.6) is 0 Å². The summed E-state index contributed by atoms with van der Waals surface area (Å²) in [5, 5.41) is 9.78. The molecule has 0 aliphatic rings. The molecule has 0 fully saturated rings. The second-order valence-corrected chi connectivity index (χ2v) is 4.01. The van der Waals surface area contributed by atoms with Crippen molar-refractivity contribution in [1.29, 1.82) is 0 Å². The molecule has 0 aromatic carbocycles. The predicted molar refractivity (Wildman–Crippen MR) is 55.3 cm³/mol. The maximum Gasteiger partial charge on any atom is 0.0952 e. The fourth-order valence-electron chi connectivity index (χ4n) is 1.18. The summed E-state index contributed by atoms with van der Waals surface area (Å²) in [4.78, 5) is 3.99. The maximum atomic E-state index is 9.78. The van der Waals surface area contributed by atoms with E-state index in [-0.39, 0.29) is 6.04 Å². The molecule has 3 N–H and O–H groups in total. The van der Waals surface area contributed by atoms with Gasteiger partial charge in [-0.25, -0.2) is 0 Å². The van der Waals surface area contributed by atoms with Crippen LogP contribution in [0.1, 0.15) is 24.2 Å². The van der Waals surface area contributed by atoms with Crippen molar-refractivity contribution in [3.05, 3.63) is 28.0 Å². The molecule has 0 bridgehead atoms. The van der Waals surface area contributed by atoms with Crippen LogP contribution in [0, 0.1) is 6.92 Å². The number of pyridine rings is 1. The number of aliphatic hydroxyl groups is 1. The van der Waals surface area contributed by atoms with Gasteiger partial charge in [0, 0.05) is 28.5 Å². The summed E-state index contributed by atoms with van der Waals surface area (Å²) in [6, 6.07) is -0.280. The van der Waals surface area contributed by atoms with Crippen LogP contribution >= 0.6 is 15.9 Å². The Morgan fingerprint density at radius 3 is 2.62 bits per heavy atom. The van der Waals surface area contributed by atoms with E-state index in [4.69, 9.17) is 5.73 Å². The Hall–Kier alpha value is -0.450. The second kappa shape index (κ2) is 4.17. The van der Waals surface area contributed by atoms with Crippen LogP contribution in [0.25, 0.3) is 0 Å². The molecule has 4 heteroatoms.